The molecular weight excluding hydrogens is 116 g/mol. The normalized spacial score (nSPS) is 9.44. The summed E-state index contributed by atoms with van der Waals surface area (Å²) in [6, 6.07) is 0. The lowest BCUT2D eigenvalue weighted by Crippen LogP contribution is -2.10. The summed E-state index contributed by atoms with van der Waals surface area (Å²) in [4.78, 5) is 13.3. The number of primary amides is 1. The van der Waals surface area contributed by atoms with Gasteiger partial charge >= 0.3 is 0 Å². The molecule has 9 heavy (non-hydrogen) atoms. The fourth-order valence-corrected chi connectivity index (χ4v) is 0.707. The lowest BCUT2D eigenvalue weighted by atomic mass is 10.2. The Labute approximate surface area is 52.9 Å². The summed E-state index contributed by atoms with van der Waals surface area (Å²) in [5.74, 6) is -0.381. The van der Waals surface area contributed by atoms with Gasteiger partial charge in [-0.2, -0.15) is 0 Å². The summed E-state index contributed by atoms with van der Waals surface area (Å²) in [6.07, 6.45) is 3.33. The third-order valence-electron chi connectivity index (χ3n) is 1.22. The van der Waals surface area contributed by atoms with Gasteiger partial charge in [-0.1, -0.05) is 0 Å². The molecule has 0 spiro atoms. The van der Waals surface area contributed by atoms with Crippen LogP contribution in [-0.2, 0) is 0 Å². The van der Waals surface area contributed by atoms with Gasteiger partial charge in [-0.05, 0) is 12.5 Å². The third-order valence-corrected chi connectivity index (χ3v) is 1.22. The summed E-state index contributed by atoms with van der Waals surface area (Å²) in [5.41, 5.74) is 6.46. The van der Waals surface area contributed by atoms with Gasteiger partial charge in [-0.3, -0.25) is 4.79 Å². The lowest BCUT2D eigenvalue weighted by Gasteiger charge is -1.87. The van der Waals surface area contributed by atoms with Crippen molar-refractivity contribution in [3.8, 4) is 0 Å². The standard InChI is InChI=1S/C6H8N2O/c1-4-2-8-3-5(4)6(7)9/h2-3,8H,1H3,(H2,7,9). The van der Waals surface area contributed by atoms with Crippen LogP contribution in [-0.4, -0.2) is 10.9 Å². The molecule has 0 radical (unpaired) electrons. The van der Waals surface area contributed by atoms with Crippen LogP contribution in [0, 0.1) is 6.92 Å². The van der Waals surface area contributed by atoms with Gasteiger partial charge < -0.3 is 10.7 Å². The monoisotopic (exact) mass is 124 g/mol. The number of carbonyl (C=O) groups excluding carboxylic acids is 1. The molecule has 3 N–H and O–H groups in total. The van der Waals surface area contributed by atoms with E-state index in [9.17, 15) is 4.79 Å². The first kappa shape index (κ1) is 5.88. The van der Waals surface area contributed by atoms with E-state index in [0.717, 1.165) is 5.56 Å². The minimum Gasteiger partial charge on any atom is -0.367 e. The number of nitrogens with one attached hydrogen (secondary N) is 1. The highest BCUT2D eigenvalue weighted by atomic mass is 16.1. The maximum atomic E-state index is 10.5. The molecule has 3 heteroatoms. The SMILES string of the molecule is Cc1c[nH]cc1C(N)=O. The molecule has 0 saturated carbocycles. The van der Waals surface area contributed by atoms with E-state index in [-0.39, 0.29) is 5.91 Å². The van der Waals surface area contributed by atoms with Crippen molar-refractivity contribution in [3.05, 3.63) is 23.5 Å². The smallest absolute Gasteiger partial charge is 0.250 e. The number of hydrogen-bond donors (Lipinski definition) is 2. The molecule has 0 aliphatic heterocycles. The summed E-state index contributed by atoms with van der Waals surface area (Å²) in [5, 5.41) is 0. The zero-order valence-corrected chi connectivity index (χ0v) is 5.14. The van der Waals surface area contributed by atoms with Crippen molar-refractivity contribution in [1.29, 1.82) is 0 Å². The van der Waals surface area contributed by atoms with Crippen LogP contribution in [0.2, 0.25) is 0 Å². The van der Waals surface area contributed by atoms with E-state index in [0.29, 0.717) is 5.56 Å². The van der Waals surface area contributed by atoms with Crippen molar-refractivity contribution >= 4 is 5.91 Å². The highest BCUT2D eigenvalue weighted by molar-refractivity contribution is 5.93. The van der Waals surface area contributed by atoms with E-state index in [2.05, 4.69) is 4.98 Å². The van der Waals surface area contributed by atoms with Gasteiger partial charge in [0.25, 0.3) is 5.91 Å². The fourth-order valence-electron chi connectivity index (χ4n) is 0.707. The molecule has 1 aromatic heterocycles. The quantitative estimate of drug-likeness (QED) is 0.560. The van der Waals surface area contributed by atoms with E-state index in [1.54, 1.807) is 12.4 Å². The van der Waals surface area contributed by atoms with E-state index >= 15 is 0 Å². The Morgan fingerprint density at radius 2 is 2.33 bits per heavy atom. The highest BCUT2D eigenvalue weighted by Gasteiger charge is 2.02. The van der Waals surface area contributed by atoms with Crippen LogP contribution in [0.1, 0.15) is 15.9 Å². The Morgan fingerprint density at radius 3 is 2.56 bits per heavy atom. The Morgan fingerprint density at radius 1 is 1.67 bits per heavy atom. The summed E-state index contributed by atoms with van der Waals surface area (Å²) in [6.45, 7) is 1.83. The minimum absolute atomic E-state index is 0.381. The second-order valence-corrected chi connectivity index (χ2v) is 1.92. The first-order chi connectivity index (χ1) is 4.22. The number of H-pyrrole nitrogens is 1. The predicted molar refractivity (Wildman–Crippen MR) is 34.0 cm³/mol. The Hall–Kier alpha value is -1.25. The van der Waals surface area contributed by atoms with E-state index in [1.165, 1.54) is 0 Å². The van der Waals surface area contributed by atoms with Crippen molar-refractivity contribution < 1.29 is 4.79 Å². The second kappa shape index (κ2) is 1.93. The van der Waals surface area contributed by atoms with Crippen molar-refractivity contribution in [2.75, 3.05) is 0 Å². The molecule has 1 heterocycles. The molecule has 0 aliphatic rings. The van der Waals surface area contributed by atoms with Crippen LogP contribution in [0.4, 0.5) is 0 Å². The van der Waals surface area contributed by atoms with E-state index in [4.69, 9.17) is 5.73 Å². The number of amides is 1. The number of hydrogen-bond acceptors (Lipinski definition) is 1. The number of aryl methyl sites for hydroxylation is 1. The molecule has 1 aromatic rings. The molecule has 0 fully saturated rings. The lowest BCUT2D eigenvalue weighted by molar-refractivity contribution is 0.1000. The summed E-state index contributed by atoms with van der Waals surface area (Å²) in [7, 11) is 0. The van der Waals surface area contributed by atoms with Crippen molar-refractivity contribution in [3.63, 3.8) is 0 Å². The molecule has 48 valence electrons. The van der Waals surface area contributed by atoms with Crippen molar-refractivity contribution in [2.24, 2.45) is 5.73 Å². The predicted octanol–water partition coefficient (Wildman–Crippen LogP) is 0.422. The maximum absolute atomic E-state index is 10.5. The van der Waals surface area contributed by atoms with Crippen LogP contribution >= 0.6 is 0 Å². The van der Waals surface area contributed by atoms with Gasteiger partial charge in [-0.15, -0.1) is 0 Å². The van der Waals surface area contributed by atoms with Gasteiger partial charge in [0.2, 0.25) is 0 Å². The number of aromatic amines is 1. The van der Waals surface area contributed by atoms with Gasteiger partial charge in [-0.25, -0.2) is 0 Å². The van der Waals surface area contributed by atoms with E-state index < -0.39 is 0 Å². The minimum atomic E-state index is -0.381. The number of aromatic nitrogens is 1. The average molecular weight is 124 g/mol. The Bertz CT molecular complexity index is 227. The van der Waals surface area contributed by atoms with E-state index in [1.807, 2.05) is 6.92 Å². The Kier molecular flexibility index (Phi) is 1.26. The highest BCUT2D eigenvalue weighted by Crippen LogP contribution is 2.02. The number of nitrogens with two attached hydrogens (primary N) is 1. The number of carbonyl (C=O) groups is 1. The molecular formula is C6H8N2O. The molecule has 3 nitrogen and oxygen atoms in total. The second-order valence-electron chi connectivity index (χ2n) is 1.92. The molecule has 1 rings (SSSR count). The third kappa shape index (κ3) is 0.937. The van der Waals surface area contributed by atoms with Crippen LogP contribution in [0.5, 0.6) is 0 Å². The van der Waals surface area contributed by atoms with Crippen molar-refractivity contribution in [2.45, 2.75) is 6.92 Å². The number of rotatable bonds is 1. The van der Waals surface area contributed by atoms with Crippen molar-refractivity contribution in [1.82, 2.24) is 4.98 Å². The Balaban J connectivity index is 3.08. The van der Waals surface area contributed by atoms with Gasteiger partial charge in [0.15, 0.2) is 0 Å². The average Bonchev–Trinajstić information content (AvgIpc) is 2.13. The molecule has 0 atom stereocenters. The molecule has 0 unspecified atom stereocenters. The first-order valence-corrected chi connectivity index (χ1v) is 2.65. The van der Waals surface area contributed by atoms with Gasteiger partial charge in [0.1, 0.15) is 0 Å². The summed E-state index contributed by atoms with van der Waals surface area (Å²) >= 11 is 0. The topological polar surface area (TPSA) is 58.9 Å². The zero-order valence-electron chi connectivity index (χ0n) is 5.14. The largest absolute Gasteiger partial charge is 0.367 e. The van der Waals surface area contributed by atoms with Crippen LogP contribution in [0.25, 0.3) is 0 Å². The molecule has 1 amide bonds. The van der Waals surface area contributed by atoms with Gasteiger partial charge in [0.05, 0.1) is 5.56 Å². The molecule has 0 aromatic carbocycles. The van der Waals surface area contributed by atoms with Crippen LogP contribution in [0.15, 0.2) is 12.4 Å². The zero-order chi connectivity index (χ0) is 6.85. The van der Waals surface area contributed by atoms with Crippen LogP contribution < -0.4 is 5.73 Å². The summed E-state index contributed by atoms with van der Waals surface area (Å²) < 4.78 is 0. The fraction of sp³-hybridized carbons (Fsp3) is 0.167. The molecule has 0 saturated heterocycles. The molecule has 0 aliphatic carbocycles. The maximum Gasteiger partial charge on any atom is 0.250 e. The molecule has 0 bridgehead atoms. The first-order valence-electron chi connectivity index (χ1n) is 2.65. The van der Waals surface area contributed by atoms with Gasteiger partial charge in [0, 0.05) is 12.4 Å². The van der Waals surface area contributed by atoms with Crippen LogP contribution in [0.3, 0.4) is 0 Å².